The fourth-order valence-corrected chi connectivity index (χ4v) is 4.35. The number of nitrogens with one attached hydrogen (secondary N) is 2. The molecule has 0 saturated carbocycles. The molecule has 0 aliphatic heterocycles. The van der Waals surface area contributed by atoms with Crippen molar-refractivity contribution in [3.8, 4) is 0 Å². The largest absolute Gasteiger partial charge is 0.296 e. The number of nitrogens with zero attached hydrogens (tertiary/aromatic N) is 2. The van der Waals surface area contributed by atoms with E-state index in [2.05, 4.69) is 27.2 Å². The molecule has 0 aliphatic carbocycles. The standard InChI is InChI=1S/C20H22N4O3S2/c1-3-4-6-15-9-11-17(12-10-15)24-29(26,27)18-8-5-7-16(13-18)19(25)21-20-23-22-14(2)28-20/h5,7-13,24H,3-4,6H2,1-2H3,(H,21,23,25). The van der Waals surface area contributed by atoms with Crippen LogP contribution in [-0.4, -0.2) is 24.5 Å². The molecule has 0 radical (unpaired) electrons. The maximum absolute atomic E-state index is 12.7. The molecule has 2 aromatic carbocycles. The number of hydrogen-bond donors (Lipinski definition) is 2. The topological polar surface area (TPSA) is 101 Å². The molecular weight excluding hydrogens is 408 g/mol. The van der Waals surface area contributed by atoms with Crippen molar-refractivity contribution in [1.29, 1.82) is 0 Å². The number of hydrogen-bond acceptors (Lipinski definition) is 6. The van der Waals surface area contributed by atoms with Gasteiger partial charge < -0.3 is 0 Å². The second-order valence-electron chi connectivity index (χ2n) is 6.51. The van der Waals surface area contributed by atoms with Crippen molar-refractivity contribution < 1.29 is 13.2 Å². The molecule has 2 N–H and O–H groups in total. The number of unbranched alkanes of at least 4 members (excludes halogenated alkanes) is 1. The third kappa shape index (κ3) is 5.61. The van der Waals surface area contributed by atoms with Crippen molar-refractivity contribution in [2.75, 3.05) is 10.0 Å². The lowest BCUT2D eigenvalue weighted by Crippen LogP contribution is -2.16. The fourth-order valence-electron chi connectivity index (χ4n) is 2.66. The van der Waals surface area contributed by atoms with E-state index in [1.165, 1.54) is 35.1 Å². The van der Waals surface area contributed by atoms with Crippen molar-refractivity contribution in [1.82, 2.24) is 10.2 Å². The van der Waals surface area contributed by atoms with Gasteiger partial charge in [0.05, 0.1) is 4.90 Å². The first-order valence-corrected chi connectivity index (χ1v) is 11.5. The van der Waals surface area contributed by atoms with E-state index in [1.807, 2.05) is 12.1 Å². The molecule has 0 atom stereocenters. The Hall–Kier alpha value is -2.78. The average molecular weight is 431 g/mol. The summed E-state index contributed by atoms with van der Waals surface area (Å²) >= 11 is 1.24. The van der Waals surface area contributed by atoms with Crippen molar-refractivity contribution in [3.63, 3.8) is 0 Å². The summed E-state index contributed by atoms with van der Waals surface area (Å²) in [7, 11) is -3.82. The smallest absolute Gasteiger partial charge is 0.261 e. The van der Waals surface area contributed by atoms with E-state index in [0.29, 0.717) is 10.8 Å². The molecule has 3 rings (SSSR count). The average Bonchev–Trinajstić information content (AvgIpc) is 3.12. The van der Waals surface area contributed by atoms with Gasteiger partial charge in [0.1, 0.15) is 5.01 Å². The van der Waals surface area contributed by atoms with Crippen LogP contribution >= 0.6 is 11.3 Å². The minimum atomic E-state index is -3.82. The molecule has 9 heteroatoms. The Morgan fingerprint density at radius 1 is 1.10 bits per heavy atom. The van der Waals surface area contributed by atoms with Crippen molar-refractivity contribution >= 4 is 38.1 Å². The van der Waals surface area contributed by atoms with E-state index in [1.54, 1.807) is 25.1 Å². The van der Waals surface area contributed by atoms with Gasteiger partial charge in [-0.3, -0.25) is 14.8 Å². The Kier molecular flexibility index (Phi) is 6.60. The lowest BCUT2D eigenvalue weighted by atomic mass is 10.1. The summed E-state index contributed by atoms with van der Waals surface area (Å²) in [4.78, 5) is 12.4. The van der Waals surface area contributed by atoms with Gasteiger partial charge in [0.2, 0.25) is 5.13 Å². The van der Waals surface area contributed by atoms with Crippen LogP contribution in [0.4, 0.5) is 10.8 Å². The second-order valence-corrected chi connectivity index (χ2v) is 9.38. The van der Waals surface area contributed by atoms with Gasteiger partial charge in [0, 0.05) is 11.3 Å². The van der Waals surface area contributed by atoms with Crippen LogP contribution in [0.15, 0.2) is 53.4 Å². The molecule has 0 bridgehead atoms. The Morgan fingerprint density at radius 2 is 1.86 bits per heavy atom. The van der Waals surface area contributed by atoms with Crippen molar-refractivity contribution in [3.05, 3.63) is 64.7 Å². The lowest BCUT2D eigenvalue weighted by Gasteiger charge is -2.10. The van der Waals surface area contributed by atoms with Crippen LogP contribution in [0.5, 0.6) is 0 Å². The molecule has 29 heavy (non-hydrogen) atoms. The minimum Gasteiger partial charge on any atom is -0.296 e. The monoisotopic (exact) mass is 430 g/mol. The Balaban J connectivity index is 1.73. The maximum Gasteiger partial charge on any atom is 0.261 e. The summed E-state index contributed by atoms with van der Waals surface area (Å²) in [6.45, 7) is 3.91. The van der Waals surface area contributed by atoms with E-state index in [4.69, 9.17) is 0 Å². The number of anilines is 2. The van der Waals surface area contributed by atoms with Crippen LogP contribution in [0.3, 0.4) is 0 Å². The second kappa shape index (κ2) is 9.15. The van der Waals surface area contributed by atoms with Gasteiger partial charge in [-0.05, 0) is 55.7 Å². The van der Waals surface area contributed by atoms with Gasteiger partial charge >= 0.3 is 0 Å². The van der Waals surface area contributed by atoms with Gasteiger partial charge in [-0.25, -0.2) is 8.42 Å². The number of sulfonamides is 1. The maximum atomic E-state index is 12.7. The quantitative estimate of drug-likeness (QED) is 0.557. The van der Waals surface area contributed by atoms with E-state index in [-0.39, 0.29) is 10.5 Å². The molecule has 1 aromatic heterocycles. The number of aryl methyl sites for hydroxylation is 2. The SMILES string of the molecule is CCCCc1ccc(NS(=O)(=O)c2cccc(C(=O)Nc3nnc(C)s3)c2)cc1. The van der Waals surface area contributed by atoms with Gasteiger partial charge in [0.25, 0.3) is 15.9 Å². The fraction of sp³-hybridized carbons (Fsp3) is 0.250. The Labute approximate surface area is 174 Å². The Bertz CT molecular complexity index is 1090. The van der Waals surface area contributed by atoms with Gasteiger partial charge in [-0.15, -0.1) is 10.2 Å². The Morgan fingerprint density at radius 3 is 2.52 bits per heavy atom. The molecule has 0 fully saturated rings. The number of rotatable bonds is 8. The lowest BCUT2D eigenvalue weighted by molar-refractivity contribution is 0.102. The highest BCUT2D eigenvalue weighted by Crippen LogP contribution is 2.20. The number of benzene rings is 2. The number of amides is 1. The molecule has 0 aliphatic rings. The molecule has 3 aromatic rings. The molecule has 152 valence electrons. The van der Waals surface area contributed by atoms with Crippen LogP contribution in [-0.2, 0) is 16.4 Å². The predicted molar refractivity (Wildman–Crippen MR) is 115 cm³/mol. The highest BCUT2D eigenvalue weighted by Gasteiger charge is 2.17. The summed E-state index contributed by atoms with van der Waals surface area (Å²) in [5.74, 6) is -0.446. The normalized spacial score (nSPS) is 11.2. The third-order valence-corrected chi connectivity index (χ3v) is 6.31. The van der Waals surface area contributed by atoms with Crippen LogP contribution < -0.4 is 10.0 Å². The first-order valence-electron chi connectivity index (χ1n) is 9.20. The summed E-state index contributed by atoms with van der Waals surface area (Å²) in [5.41, 5.74) is 1.86. The van der Waals surface area contributed by atoms with Gasteiger partial charge in [0.15, 0.2) is 0 Å². The molecular formula is C20H22N4O3S2. The number of carbonyl (C=O) groups is 1. The van der Waals surface area contributed by atoms with E-state index >= 15 is 0 Å². The zero-order valence-electron chi connectivity index (χ0n) is 16.2. The van der Waals surface area contributed by atoms with Crippen molar-refractivity contribution in [2.45, 2.75) is 38.0 Å². The molecule has 1 amide bonds. The van der Waals surface area contributed by atoms with E-state index in [0.717, 1.165) is 24.3 Å². The molecule has 7 nitrogen and oxygen atoms in total. The number of aromatic nitrogens is 2. The van der Waals surface area contributed by atoms with E-state index in [9.17, 15) is 13.2 Å². The zero-order valence-corrected chi connectivity index (χ0v) is 17.8. The van der Waals surface area contributed by atoms with Gasteiger partial charge in [-0.1, -0.05) is 42.9 Å². The summed E-state index contributed by atoms with van der Waals surface area (Å²) in [6, 6.07) is 13.2. The summed E-state index contributed by atoms with van der Waals surface area (Å²) in [5, 5.41) is 11.4. The summed E-state index contributed by atoms with van der Waals surface area (Å²) < 4.78 is 28.0. The molecule has 0 saturated heterocycles. The number of carbonyl (C=O) groups excluding carboxylic acids is 1. The summed E-state index contributed by atoms with van der Waals surface area (Å²) in [6.07, 6.45) is 3.17. The van der Waals surface area contributed by atoms with Crippen LogP contribution in [0.25, 0.3) is 0 Å². The van der Waals surface area contributed by atoms with E-state index < -0.39 is 15.9 Å². The predicted octanol–water partition coefficient (Wildman–Crippen LogP) is 4.24. The third-order valence-electron chi connectivity index (χ3n) is 4.18. The molecule has 0 unspecified atom stereocenters. The first-order chi connectivity index (χ1) is 13.9. The highest BCUT2D eigenvalue weighted by molar-refractivity contribution is 7.92. The van der Waals surface area contributed by atoms with Crippen LogP contribution in [0, 0.1) is 6.92 Å². The molecule has 0 spiro atoms. The first kappa shape index (κ1) is 20.9. The van der Waals surface area contributed by atoms with Crippen LogP contribution in [0.2, 0.25) is 0 Å². The highest BCUT2D eigenvalue weighted by atomic mass is 32.2. The van der Waals surface area contributed by atoms with Crippen LogP contribution in [0.1, 0.15) is 40.7 Å². The van der Waals surface area contributed by atoms with Crippen molar-refractivity contribution in [2.24, 2.45) is 0 Å². The minimum absolute atomic E-state index is 0.00801. The molecule has 1 heterocycles. The van der Waals surface area contributed by atoms with Gasteiger partial charge in [-0.2, -0.15) is 0 Å². The zero-order chi connectivity index (χ0) is 20.9.